The van der Waals surface area contributed by atoms with Crippen molar-refractivity contribution in [2.24, 2.45) is 0 Å². The van der Waals surface area contributed by atoms with Gasteiger partial charge in [0.15, 0.2) is 0 Å². The Morgan fingerprint density at radius 3 is 1.18 bits per heavy atom. The summed E-state index contributed by atoms with van der Waals surface area (Å²) in [5.41, 5.74) is 21.8. The molecule has 2 aromatic heterocycles. The van der Waals surface area contributed by atoms with Crippen LogP contribution in [0, 0.1) is 41.5 Å². The molecule has 0 spiro atoms. The number of allylic oxidation sites excluding steroid dienone is 2. The number of halogens is 2. The van der Waals surface area contributed by atoms with Crippen LogP contribution in [0.2, 0.25) is 12.1 Å². The van der Waals surface area contributed by atoms with Crippen LogP contribution in [0.4, 0.5) is 0 Å². The molecule has 2 nitrogen and oxygen atoms in total. The summed E-state index contributed by atoms with van der Waals surface area (Å²) in [4.78, 5) is 0. The molecule has 6 aromatic rings. The number of benzene rings is 4. The Labute approximate surface area is 380 Å². The molecule has 2 radical (unpaired) electrons. The molecule has 308 valence electrons. The summed E-state index contributed by atoms with van der Waals surface area (Å²) >= 11 is -0.826. The third-order valence-corrected chi connectivity index (χ3v) is 14.2. The summed E-state index contributed by atoms with van der Waals surface area (Å²) in [6.45, 7) is 27.0. The van der Waals surface area contributed by atoms with Crippen molar-refractivity contribution in [2.75, 3.05) is 0 Å². The van der Waals surface area contributed by atoms with Crippen LogP contribution < -0.4 is 0 Å². The van der Waals surface area contributed by atoms with Crippen LogP contribution in [0.1, 0.15) is 132 Å². The maximum atomic E-state index is 6.41. The summed E-state index contributed by atoms with van der Waals surface area (Å²) in [6, 6.07) is 34.2. The number of aryl methyl sites for hydroxylation is 4. The van der Waals surface area contributed by atoms with E-state index in [4.69, 9.17) is 25.9 Å². The van der Waals surface area contributed by atoms with Crippen LogP contribution in [0.25, 0.3) is 45.6 Å². The molecular formula is C54H58Cl2O2SiZr. The van der Waals surface area contributed by atoms with Crippen LogP contribution in [-0.4, -0.2) is 9.52 Å². The minimum atomic E-state index is -0.826. The molecule has 8 rings (SSSR count). The van der Waals surface area contributed by atoms with E-state index in [1.54, 1.807) is 0 Å². The Bertz CT molecular complexity index is 2410. The van der Waals surface area contributed by atoms with Crippen molar-refractivity contribution in [2.45, 2.75) is 118 Å². The Kier molecular flexibility index (Phi) is 13.2. The molecule has 6 heteroatoms. The van der Waals surface area contributed by atoms with Gasteiger partial charge in [-0.05, 0) is 179 Å². The fraction of sp³-hybridized carbons (Fsp3) is 0.333. The quantitative estimate of drug-likeness (QED) is 0.142. The zero-order valence-electron chi connectivity index (χ0n) is 37.4. The third-order valence-electron chi connectivity index (χ3n) is 12.8. The summed E-state index contributed by atoms with van der Waals surface area (Å²) in [7, 11) is 10.6. The van der Waals surface area contributed by atoms with Crippen molar-refractivity contribution in [1.82, 2.24) is 0 Å². The van der Waals surface area contributed by atoms with Gasteiger partial charge < -0.3 is 8.83 Å². The molecule has 0 saturated heterocycles. The number of hydrogen-bond acceptors (Lipinski definition) is 2. The first-order valence-electron chi connectivity index (χ1n) is 21.1. The van der Waals surface area contributed by atoms with Crippen molar-refractivity contribution in [3.8, 4) is 22.3 Å². The Balaban J connectivity index is 0.00000176. The van der Waals surface area contributed by atoms with Gasteiger partial charge in [0.25, 0.3) is 0 Å². The molecular weight excluding hydrogens is 871 g/mol. The zero-order valence-corrected chi connectivity index (χ0v) is 42.3. The van der Waals surface area contributed by atoms with Gasteiger partial charge in [0.05, 0.1) is 0 Å². The fourth-order valence-corrected chi connectivity index (χ4v) is 10.8. The summed E-state index contributed by atoms with van der Waals surface area (Å²) in [5.74, 6) is 4.41. The number of rotatable bonds is 8. The van der Waals surface area contributed by atoms with Crippen molar-refractivity contribution >= 4 is 49.8 Å². The van der Waals surface area contributed by atoms with E-state index in [0.29, 0.717) is 0 Å². The monoisotopic (exact) mass is 926 g/mol. The second kappa shape index (κ2) is 17.8. The predicted octanol–water partition coefficient (Wildman–Crippen LogP) is 16.5. The summed E-state index contributed by atoms with van der Waals surface area (Å²) in [6.07, 6.45) is 4.90. The average molecular weight is 929 g/mol. The van der Waals surface area contributed by atoms with Gasteiger partial charge in [-0.25, -0.2) is 0 Å². The molecule has 0 bridgehead atoms. The Morgan fingerprint density at radius 1 is 0.533 bits per heavy atom. The van der Waals surface area contributed by atoms with Gasteiger partial charge in [-0.1, -0.05) is 102 Å². The fourth-order valence-electron chi connectivity index (χ4n) is 9.16. The molecule has 2 atom stereocenters. The van der Waals surface area contributed by atoms with Crippen molar-refractivity contribution in [3.05, 3.63) is 164 Å². The van der Waals surface area contributed by atoms with Gasteiger partial charge in [0.2, 0.25) is 0 Å². The van der Waals surface area contributed by atoms with E-state index in [1.807, 2.05) is 0 Å². The molecule has 0 saturated carbocycles. The van der Waals surface area contributed by atoms with E-state index in [1.165, 1.54) is 89.0 Å². The van der Waals surface area contributed by atoms with E-state index in [-0.39, 0.29) is 22.7 Å². The molecule has 4 aromatic carbocycles. The van der Waals surface area contributed by atoms with Gasteiger partial charge in [0.1, 0.15) is 23.0 Å². The first kappa shape index (κ1) is 44.6. The number of furan rings is 2. The maximum absolute atomic E-state index is 6.41. The molecule has 0 fully saturated rings. The number of fused-ring (bicyclic) bond motifs is 2. The van der Waals surface area contributed by atoms with E-state index in [9.17, 15) is 0 Å². The van der Waals surface area contributed by atoms with Gasteiger partial charge in [-0.3, -0.25) is 0 Å². The SMILES string of the molecule is Cc1ccc(C2=Cc3c(cc(C)c(C)c3-c3ccc(C(C)(C)C)cc3)C2C[Si]CC2C(c3ccc(C)o3)=Cc3c2cc(C)c(C)c3-c2ccc(C(C)(C)C)cc2)o1.[Cl][Zr][Cl]. The van der Waals surface area contributed by atoms with Crippen LogP contribution in [0.15, 0.2) is 93.8 Å². The molecule has 2 unspecified atom stereocenters. The topological polar surface area (TPSA) is 26.3 Å². The van der Waals surface area contributed by atoms with Crippen LogP contribution >= 0.6 is 17.0 Å². The standard InChI is InChI=1S/C54H58O2Si.2ClH.Zr/c1-31-25-41-45(51(35(31)5)37-15-19-39(20-16-37)53(7,8)9)27-43(49-23-13-33(3)55-49)47(41)29-57-30-48-42-26-32(2)36(6)52(38-17-21-40(22-18-38)54(10,11)12)46(42)28-44(48)50-24-14-34(4)56-50;;;/h13-28,47-48H,29-30H2,1-12H3;2*1H;/q;;;+2/p-2. The van der Waals surface area contributed by atoms with Crippen LogP contribution in [0.5, 0.6) is 0 Å². The van der Waals surface area contributed by atoms with Crippen molar-refractivity contribution in [1.29, 1.82) is 0 Å². The molecule has 0 amide bonds. The number of hydrogen-bond donors (Lipinski definition) is 0. The molecule has 60 heavy (non-hydrogen) atoms. The van der Waals surface area contributed by atoms with Gasteiger partial charge in [0, 0.05) is 32.5 Å². The third kappa shape index (κ3) is 8.92. The van der Waals surface area contributed by atoms with Crippen molar-refractivity contribution in [3.63, 3.8) is 0 Å². The van der Waals surface area contributed by atoms with Gasteiger partial charge in [-0.15, -0.1) is 0 Å². The zero-order chi connectivity index (χ0) is 43.3. The van der Waals surface area contributed by atoms with E-state index in [2.05, 4.69) is 180 Å². The normalized spacial score (nSPS) is 15.9. The summed E-state index contributed by atoms with van der Waals surface area (Å²) in [5, 5.41) is 0. The molecule has 2 aliphatic carbocycles. The Hall–Kier alpha value is -3.40. The molecule has 0 aliphatic heterocycles. The van der Waals surface area contributed by atoms with E-state index >= 15 is 0 Å². The molecule has 2 aliphatic rings. The molecule has 2 heterocycles. The predicted molar refractivity (Wildman–Crippen MR) is 255 cm³/mol. The molecule has 0 N–H and O–H groups in total. The van der Waals surface area contributed by atoms with E-state index in [0.717, 1.165) is 44.6 Å². The second-order valence-corrected chi connectivity index (χ2v) is 24.0. The van der Waals surface area contributed by atoms with Crippen LogP contribution in [-0.2, 0) is 31.7 Å². The average Bonchev–Trinajstić information content (AvgIpc) is 3.98. The minimum absolute atomic E-state index is 0.111. The van der Waals surface area contributed by atoms with E-state index < -0.39 is 20.8 Å². The van der Waals surface area contributed by atoms with Gasteiger partial charge in [-0.2, -0.15) is 0 Å². The van der Waals surface area contributed by atoms with Crippen molar-refractivity contribution < 1.29 is 29.7 Å². The van der Waals surface area contributed by atoms with Crippen LogP contribution in [0.3, 0.4) is 0 Å². The first-order chi connectivity index (χ1) is 28.4. The Morgan fingerprint density at radius 2 is 0.883 bits per heavy atom. The second-order valence-electron chi connectivity index (χ2n) is 18.9. The first-order valence-corrected chi connectivity index (χ1v) is 28.9. The summed E-state index contributed by atoms with van der Waals surface area (Å²) < 4.78 is 12.8. The van der Waals surface area contributed by atoms with Gasteiger partial charge >= 0.3 is 37.9 Å².